The average molecular weight is 211 g/mol. The molecule has 1 N–H and O–H groups in total. The molecule has 1 fully saturated rings. The molecule has 16 heavy (non-hydrogen) atoms. The number of hydrogen-bond acceptors (Lipinski definition) is 1. The Hall–Kier alpha value is -1.83. The van der Waals surface area contributed by atoms with E-state index < -0.39 is 0 Å². The molecular weight excluding hydrogens is 198 g/mol. The molecular formula is C14H13NO. The van der Waals surface area contributed by atoms with Crippen molar-refractivity contribution in [2.45, 2.75) is 18.4 Å². The average Bonchev–Trinajstić information content (AvgIpc) is 3.10. The van der Waals surface area contributed by atoms with Crippen LogP contribution in [-0.2, 0) is 10.3 Å². The Morgan fingerprint density at radius 2 is 1.81 bits per heavy atom. The second-order valence-corrected chi connectivity index (χ2v) is 4.41. The lowest BCUT2D eigenvalue weighted by Crippen LogP contribution is -2.27. The summed E-state index contributed by atoms with van der Waals surface area (Å²) in [5.41, 5.74) is 1.14. The summed E-state index contributed by atoms with van der Waals surface area (Å²) in [7, 11) is 0. The Bertz CT molecular complexity index is 543. The van der Waals surface area contributed by atoms with Gasteiger partial charge in [-0.3, -0.25) is 4.79 Å². The molecule has 0 atom stereocenters. The Morgan fingerprint density at radius 1 is 1.06 bits per heavy atom. The molecule has 0 radical (unpaired) electrons. The van der Waals surface area contributed by atoms with Crippen molar-refractivity contribution in [2.75, 3.05) is 0 Å². The third-order valence-electron chi connectivity index (χ3n) is 3.39. The molecule has 1 aliphatic rings. The molecule has 0 saturated heterocycles. The molecule has 0 spiro atoms. The van der Waals surface area contributed by atoms with Gasteiger partial charge in [-0.2, -0.15) is 0 Å². The van der Waals surface area contributed by atoms with Gasteiger partial charge in [-0.25, -0.2) is 0 Å². The highest BCUT2D eigenvalue weighted by molar-refractivity contribution is 5.83. The molecule has 2 heteroatoms. The van der Waals surface area contributed by atoms with Gasteiger partial charge in [0.25, 0.3) is 0 Å². The third kappa shape index (κ3) is 1.38. The summed E-state index contributed by atoms with van der Waals surface area (Å²) in [6, 6.07) is 14.7. The van der Waals surface area contributed by atoms with Gasteiger partial charge < -0.3 is 5.32 Å². The molecule has 0 bridgehead atoms. The Kier molecular flexibility index (Phi) is 1.96. The van der Waals surface area contributed by atoms with Crippen LogP contribution in [0.1, 0.15) is 18.4 Å². The zero-order chi connectivity index (χ0) is 11.0. The summed E-state index contributed by atoms with van der Waals surface area (Å²) in [5, 5.41) is 5.41. The summed E-state index contributed by atoms with van der Waals surface area (Å²) >= 11 is 0. The van der Waals surface area contributed by atoms with Gasteiger partial charge in [0.05, 0.1) is 5.54 Å². The summed E-state index contributed by atoms with van der Waals surface area (Å²) in [6.07, 6.45) is 2.90. The largest absolute Gasteiger partial charge is 0.349 e. The fourth-order valence-electron chi connectivity index (χ4n) is 2.24. The second-order valence-electron chi connectivity index (χ2n) is 4.41. The molecule has 0 unspecified atom stereocenters. The smallest absolute Gasteiger partial charge is 0.207 e. The van der Waals surface area contributed by atoms with Gasteiger partial charge in [0.15, 0.2) is 0 Å². The highest BCUT2D eigenvalue weighted by atomic mass is 16.1. The lowest BCUT2D eigenvalue weighted by Gasteiger charge is -2.15. The van der Waals surface area contributed by atoms with Crippen molar-refractivity contribution < 1.29 is 4.79 Å². The maximum absolute atomic E-state index is 10.6. The van der Waals surface area contributed by atoms with Gasteiger partial charge in [0, 0.05) is 0 Å². The maximum atomic E-state index is 10.6. The molecule has 3 rings (SSSR count). The van der Waals surface area contributed by atoms with Gasteiger partial charge in [-0.05, 0) is 35.2 Å². The number of nitrogens with one attached hydrogen (secondary N) is 1. The molecule has 1 amide bonds. The summed E-state index contributed by atoms with van der Waals surface area (Å²) in [4.78, 5) is 10.6. The van der Waals surface area contributed by atoms with Crippen LogP contribution in [0.4, 0.5) is 0 Å². The van der Waals surface area contributed by atoms with Crippen LogP contribution in [0.25, 0.3) is 10.8 Å². The molecule has 80 valence electrons. The first-order valence-electron chi connectivity index (χ1n) is 5.55. The van der Waals surface area contributed by atoms with Crippen molar-refractivity contribution in [3.05, 3.63) is 48.0 Å². The van der Waals surface area contributed by atoms with Crippen LogP contribution in [0, 0.1) is 0 Å². The first-order chi connectivity index (χ1) is 7.84. The second kappa shape index (κ2) is 3.34. The van der Waals surface area contributed by atoms with Crippen molar-refractivity contribution in [1.29, 1.82) is 0 Å². The van der Waals surface area contributed by atoms with E-state index in [1.807, 2.05) is 12.1 Å². The number of carbonyl (C=O) groups is 1. The number of fused-ring (bicyclic) bond motifs is 1. The van der Waals surface area contributed by atoms with E-state index in [1.165, 1.54) is 16.3 Å². The van der Waals surface area contributed by atoms with Crippen molar-refractivity contribution in [1.82, 2.24) is 5.32 Å². The first-order valence-corrected chi connectivity index (χ1v) is 5.55. The standard InChI is InChI=1S/C14H13NO/c16-10-15-14(7-8-14)13-6-5-11-3-1-2-4-12(11)9-13/h1-6,9-10H,7-8H2,(H,15,16). The van der Waals surface area contributed by atoms with Crippen LogP contribution in [0.3, 0.4) is 0 Å². The Balaban J connectivity index is 2.08. The zero-order valence-electron chi connectivity index (χ0n) is 8.94. The minimum absolute atomic E-state index is 0.0776. The normalized spacial score (nSPS) is 17.0. The van der Waals surface area contributed by atoms with Gasteiger partial charge in [0.1, 0.15) is 0 Å². The Labute approximate surface area is 94.3 Å². The lowest BCUT2D eigenvalue weighted by atomic mass is 10.0. The van der Waals surface area contributed by atoms with Crippen molar-refractivity contribution >= 4 is 17.2 Å². The number of carbonyl (C=O) groups excluding carboxylic acids is 1. The number of rotatable bonds is 3. The molecule has 0 aliphatic heterocycles. The minimum atomic E-state index is -0.0776. The van der Waals surface area contributed by atoms with Gasteiger partial charge in [-0.1, -0.05) is 36.4 Å². The van der Waals surface area contributed by atoms with Crippen LogP contribution < -0.4 is 5.32 Å². The van der Waals surface area contributed by atoms with Crippen molar-refractivity contribution in [3.8, 4) is 0 Å². The monoisotopic (exact) mass is 211 g/mol. The topological polar surface area (TPSA) is 29.1 Å². The van der Waals surface area contributed by atoms with Crippen LogP contribution in [-0.4, -0.2) is 6.41 Å². The molecule has 0 heterocycles. The number of amides is 1. The molecule has 2 aromatic rings. The lowest BCUT2D eigenvalue weighted by molar-refractivity contribution is -0.110. The summed E-state index contributed by atoms with van der Waals surface area (Å²) < 4.78 is 0. The fourth-order valence-corrected chi connectivity index (χ4v) is 2.24. The van der Waals surface area contributed by atoms with E-state index in [0.29, 0.717) is 0 Å². The molecule has 2 aromatic carbocycles. The third-order valence-corrected chi connectivity index (χ3v) is 3.39. The quantitative estimate of drug-likeness (QED) is 0.777. The Morgan fingerprint density at radius 3 is 2.50 bits per heavy atom. The van der Waals surface area contributed by atoms with E-state index in [4.69, 9.17) is 0 Å². The molecule has 2 nitrogen and oxygen atoms in total. The molecule has 0 aromatic heterocycles. The van der Waals surface area contributed by atoms with E-state index >= 15 is 0 Å². The van der Waals surface area contributed by atoms with Crippen LogP contribution in [0.2, 0.25) is 0 Å². The SMILES string of the molecule is O=CNC1(c2ccc3ccccc3c2)CC1. The van der Waals surface area contributed by atoms with E-state index in [9.17, 15) is 4.79 Å². The van der Waals surface area contributed by atoms with Gasteiger partial charge >= 0.3 is 0 Å². The molecule has 1 aliphatic carbocycles. The summed E-state index contributed by atoms with van der Waals surface area (Å²) in [5.74, 6) is 0. The van der Waals surface area contributed by atoms with E-state index in [1.54, 1.807) is 0 Å². The van der Waals surface area contributed by atoms with E-state index in [2.05, 4.69) is 35.6 Å². The first kappa shape index (κ1) is 9.40. The summed E-state index contributed by atoms with van der Waals surface area (Å²) in [6.45, 7) is 0. The predicted octanol–water partition coefficient (Wildman–Crippen LogP) is 2.57. The van der Waals surface area contributed by atoms with Crippen molar-refractivity contribution in [3.63, 3.8) is 0 Å². The van der Waals surface area contributed by atoms with Crippen molar-refractivity contribution in [2.24, 2.45) is 0 Å². The van der Waals surface area contributed by atoms with Crippen LogP contribution >= 0.6 is 0 Å². The fraction of sp³-hybridized carbons (Fsp3) is 0.214. The van der Waals surface area contributed by atoms with Crippen LogP contribution in [0.5, 0.6) is 0 Å². The highest BCUT2D eigenvalue weighted by Crippen LogP contribution is 2.45. The number of benzene rings is 2. The maximum Gasteiger partial charge on any atom is 0.207 e. The molecule has 1 saturated carbocycles. The van der Waals surface area contributed by atoms with E-state index in [-0.39, 0.29) is 5.54 Å². The minimum Gasteiger partial charge on any atom is -0.349 e. The van der Waals surface area contributed by atoms with E-state index in [0.717, 1.165) is 19.3 Å². The van der Waals surface area contributed by atoms with Gasteiger partial charge in [-0.15, -0.1) is 0 Å². The van der Waals surface area contributed by atoms with Crippen LogP contribution in [0.15, 0.2) is 42.5 Å². The van der Waals surface area contributed by atoms with Gasteiger partial charge in [0.2, 0.25) is 6.41 Å². The highest BCUT2D eigenvalue weighted by Gasteiger charge is 2.43. The number of hydrogen-bond donors (Lipinski definition) is 1. The zero-order valence-corrected chi connectivity index (χ0v) is 8.94. The predicted molar refractivity (Wildman–Crippen MR) is 64.1 cm³/mol.